The highest BCUT2D eigenvalue weighted by atomic mass is 35.5. The van der Waals surface area contributed by atoms with Crippen molar-refractivity contribution in [3.8, 4) is 0 Å². The van der Waals surface area contributed by atoms with E-state index in [2.05, 4.69) is 51.7 Å². The number of rotatable bonds is 6. The molecule has 2 heterocycles. The molecule has 2 aromatic carbocycles. The van der Waals surface area contributed by atoms with Crippen LogP contribution in [0.4, 0.5) is 11.6 Å². The molecular formula is C21H21ClN6O. The third-order valence-corrected chi connectivity index (χ3v) is 5.14. The number of H-pyrrole nitrogens is 1. The third kappa shape index (κ3) is 4.25. The number of halogens is 1. The highest BCUT2D eigenvalue weighted by molar-refractivity contribution is 6.31. The Balaban J connectivity index is 1.50. The number of aromatic amines is 1. The van der Waals surface area contributed by atoms with Crippen LogP contribution in [0.2, 0.25) is 5.02 Å². The monoisotopic (exact) mass is 408 g/mol. The molecule has 0 aliphatic heterocycles. The Morgan fingerprint density at radius 3 is 2.62 bits per heavy atom. The number of hydrogen-bond donors (Lipinski definition) is 3. The fourth-order valence-electron chi connectivity index (χ4n) is 2.96. The lowest BCUT2D eigenvalue weighted by Crippen LogP contribution is -2.17. The molecule has 0 aliphatic rings. The molecule has 4 aromatic rings. The van der Waals surface area contributed by atoms with E-state index in [-0.39, 0.29) is 5.56 Å². The summed E-state index contributed by atoms with van der Waals surface area (Å²) < 4.78 is 1.31. The first-order chi connectivity index (χ1) is 14.0. The van der Waals surface area contributed by atoms with Crippen LogP contribution in [0, 0.1) is 13.8 Å². The van der Waals surface area contributed by atoms with Crippen molar-refractivity contribution in [2.75, 3.05) is 10.6 Å². The summed E-state index contributed by atoms with van der Waals surface area (Å²) in [5.41, 5.74) is 4.77. The molecule has 0 spiro atoms. The molecule has 4 rings (SSSR count). The van der Waals surface area contributed by atoms with E-state index in [1.165, 1.54) is 21.7 Å². The second-order valence-corrected chi connectivity index (χ2v) is 7.30. The normalized spacial score (nSPS) is 11.0. The third-order valence-electron chi connectivity index (χ3n) is 4.77. The maximum absolute atomic E-state index is 12.4. The molecule has 0 fully saturated rings. The minimum atomic E-state index is -0.217. The van der Waals surface area contributed by atoms with Crippen LogP contribution in [-0.4, -0.2) is 19.6 Å². The average Bonchev–Trinajstić information content (AvgIpc) is 3.12. The van der Waals surface area contributed by atoms with Crippen molar-refractivity contribution < 1.29 is 0 Å². The van der Waals surface area contributed by atoms with Gasteiger partial charge in [-0.2, -0.15) is 9.50 Å². The van der Waals surface area contributed by atoms with Crippen LogP contribution in [0.1, 0.15) is 22.4 Å². The first-order valence-corrected chi connectivity index (χ1v) is 9.64. The van der Waals surface area contributed by atoms with Gasteiger partial charge in [0, 0.05) is 23.3 Å². The number of benzene rings is 2. The van der Waals surface area contributed by atoms with Crippen molar-refractivity contribution in [2.24, 2.45) is 0 Å². The second kappa shape index (κ2) is 7.97. The molecule has 2 aromatic heterocycles. The Hall–Kier alpha value is -3.32. The van der Waals surface area contributed by atoms with Gasteiger partial charge in [-0.3, -0.25) is 9.89 Å². The Morgan fingerprint density at radius 2 is 1.83 bits per heavy atom. The number of aromatic nitrogens is 4. The Labute approximate surface area is 172 Å². The van der Waals surface area contributed by atoms with E-state index in [9.17, 15) is 4.79 Å². The molecule has 0 saturated carbocycles. The summed E-state index contributed by atoms with van der Waals surface area (Å²) in [6, 6.07) is 15.2. The fraction of sp³-hybridized carbons (Fsp3) is 0.190. The molecule has 3 N–H and O–H groups in total. The second-order valence-electron chi connectivity index (χ2n) is 6.89. The van der Waals surface area contributed by atoms with Gasteiger partial charge < -0.3 is 10.6 Å². The fourth-order valence-corrected chi connectivity index (χ4v) is 3.16. The minimum Gasteiger partial charge on any atom is -0.379 e. The van der Waals surface area contributed by atoms with Crippen molar-refractivity contribution in [3.05, 3.63) is 86.3 Å². The molecule has 0 aliphatic carbocycles. The summed E-state index contributed by atoms with van der Waals surface area (Å²) in [7, 11) is 0. The highest BCUT2D eigenvalue weighted by Gasteiger charge is 2.09. The minimum absolute atomic E-state index is 0.217. The van der Waals surface area contributed by atoms with Gasteiger partial charge in [0.05, 0.1) is 12.2 Å². The van der Waals surface area contributed by atoms with Gasteiger partial charge in [0.1, 0.15) is 0 Å². The Morgan fingerprint density at radius 1 is 1.00 bits per heavy atom. The number of anilines is 2. The number of fused-ring (bicyclic) bond motifs is 1. The predicted octanol–water partition coefficient (Wildman–Crippen LogP) is 3.91. The van der Waals surface area contributed by atoms with Crippen molar-refractivity contribution in [1.82, 2.24) is 19.6 Å². The van der Waals surface area contributed by atoms with E-state index in [1.54, 1.807) is 0 Å². The van der Waals surface area contributed by atoms with Crippen LogP contribution in [0.25, 0.3) is 5.78 Å². The molecule has 0 amide bonds. The van der Waals surface area contributed by atoms with Gasteiger partial charge in [-0.05, 0) is 48.7 Å². The largest absolute Gasteiger partial charge is 0.379 e. The summed E-state index contributed by atoms with van der Waals surface area (Å²) in [4.78, 5) is 21.3. The zero-order valence-corrected chi connectivity index (χ0v) is 16.9. The smallest absolute Gasteiger partial charge is 0.274 e. The van der Waals surface area contributed by atoms with Gasteiger partial charge >= 0.3 is 0 Å². The quantitative estimate of drug-likeness (QED) is 0.450. The topological polar surface area (TPSA) is 87.1 Å². The SMILES string of the molecule is Cc1ccc(NCc2cc(=O)n3[nH]c(NCc4ccccc4Cl)nc3n2)cc1C. The van der Waals surface area contributed by atoms with Crippen molar-refractivity contribution >= 4 is 29.0 Å². The number of hydrogen-bond acceptors (Lipinski definition) is 5. The zero-order chi connectivity index (χ0) is 20.4. The van der Waals surface area contributed by atoms with Crippen molar-refractivity contribution in [3.63, 3.8) is 0 Å². The molecule has 0 bridgehead atoms. The molecule has 148 valence electrons. The number of nitrogens with one attached hydrogen (secondary N) is 3. The molecule has 7 nitrogen and oxygen atoms in total. The van der Waals surface area contributed by atoms with E-state index >= 15 is 0 Å². The molecule has 8 heteroatoms. The summed E-state index contributed by atoms with van der Waals surface area (Å²) in [5.74, 6) is 0.768. The molecule has 29 heavy (non-hydrogen) atoms. The first kappa shape index (κ1) is 19.0. The Kier molecular flexibility index (Phi) is 5.22. The summed E-state index contributed by atoms with van der Waals surface area (Å²) in [5, 5.41) is 10.0. The van der Waals surface area contributed by atoms with Gasteiger partial charge in [0.2, 0.25) is 5.95 Å². The standard InChI is InChI=1S/C21H21ClN6O/c1-13-7-8-16(9-14(13)2)23-12-17-10-19(29)28-21(25-17)26-20(27-28)24-11-15-5-3-4-6-18(15)22/h3-10,23H,11-12H2,1-2H3,(H2,24,25,26,27). The van der Waals surface area contributed by atoms with Crippen molar-refractivity contribution in [2.45, 2.75) is 26.9 Å². The summed E-state index contributed by atoms with van der Waals surface area (Å²) in [6.45, 7) is 5.06. The first-order valence-electron chi connectivity index (χ1n) is 9.27. The van der Waals surface area contributed by atoms with E-state index < -0.39 is 0 Å². The van der Waals surface area contributed by atoms with Gasteiger partial charge in [-0.15, -0.1) is 0 Å². The predicted molar refractivity (Wildman–Crippen MR) is 116 cm³/mol. The van der Waals surface area contributed by atoms with Crippen LogP contribution in [-0.2, 0) is 13.1 Å². The zero-order valence-electron chi connectivity index (χ0n) is 16.2. The maximum atomic E-state index is 12.4. The van der Waals surface area contributed by atoms with Crippen LogP contribution >= 0.6 is 11.6 Å². The van der Waals surface area contributed by atoms with E-state index in [4.69, 9.17) is 11.6 Å². The van der Waals surface area contributed by atoms with E-state index in [0.717, 1.165) is 11.3 Å². The van der Waals surface area contributed by atoms with E-state index in [1.807, 2.05) is 30.3 Å². The van der Waals surface area contributed by atoms with Gasteiger partial charge in [0.15, 0.2) is 0 Å². The molecule has 0 saturated heterocycles. The van der Waals surface area contributed by atoms with Crippen LogP contribution in [0.3, 0.4) is 0 Å². The lowest BCUT2D eigenvalue weighted by molar-refractivity contribution is 0.874. The van der Waals surface area contributed by atoms with Crippen LogP contribution in [0.5, 0.6) is 0 Å². The Bertz CT molecular complexity index is 1230. The summed E-state index contributed by atoms with van der Waals surface area (Å²) >= 11 is 6.17. The highest BCUT2D eigenvalue weighted by Crippen LogP contribution is 2.16. The van der Waals surface area contributed by atoms with Gasteiger partial charge in [0.25, 0.3) is 11.3 Å². The summed E-state index contributed by atoms with van der Waals surface area (Å²) in [6.07, 6.45) is 0. The molecular weight excluding hydrogens is 388 g/mol. The number of nitrogens with zero attached hydrogens (tertiary/aromatic N) is 3. The molecule has 0 unspecified atom stereocenters. The lowest BCUT2D eigenvalue weighted by atomic mass is 10.1. The van der Waals surface area contributed by atoms with E-state index in [0.29, 0.717) is 35.5 Å². The van der Waals surface area contributed by atoms with Crippen LogP contribution in [0.15, 0.2) is 53.3 Å². The van der Waals surface area contributed by atoms with Crippen LogP contribution < -0.4 is 16.2 Å². The maximum Gasteiger partial charge on any atom is 0.274 e. The lowest BCUT2D eigenvalue weighted by Gasteiger charge is -2.08. The molecule has 0 radical (unpaired) electrons. The van der Waals surface area contributed by atoms with Crippen molar-refractivity contribution in [1.29, 1.82) is 0 Å². The average molecular weight is 409 g/mol. The number of aryl methyl sites for hydroxylation is 2. The van der Waals surface area contributed by atoms with Gasteiger partial charge in [-0.1, -0.05) is 35.9 Å². The molecule has 0 atom stereocenters. The van der Waals surface area contributed by atoms with Gasteiger partial charge in [-0.25, -0.2) is 4.98 Å².